The van der Waals surface area contributed by atoms with E-state index in [-0.39, 0.29) is 11.9 Å². The monoisotopic (exact) mass is 303 g/mol. The van der Waals surface area contributed by atoms with E-state index < -0.39 is 0 Å². The van der Waals surface area contributed by atoms with Crippen molar-refractivity contribution in [2.75, 3.05) is 6.61 Å². The molecule has 1 aliphatic heterocycles. The van der Waals surface area contributed by atoms with Crippen molar-refractivity contribution in [3.8, 4) is 0 Å². The highest BCUT2D eigenvalue weighted by atomic mass is 16.5. The van der Waals surface area contributed by atoms with Crippen molar-refractivity contribution in [3.63, 3.8) is 0 Å². The molecule has 1 aliphatic rings. The fourth-order valence-electron chi connectivity index (χ4n) is 2.79. The van der Waals surface area contributed by atoms with Crippen molar-refractivity contribution >= 4 is 5.91 Å². The van der Waals surface area contributed by atoms with Crippen molar-refractivity contribution in [2.45, 2.75) is 38.8 Å². The van der Waals surface area contributed by atoms with Crippen LogP contribution in [0.2, 0.25) is 0 Å². The number of carbonyl (C=O) groups excluding carboxylic acids is 1. The molecule has 7 nitrogen and oxygen atoms in total. The minimum absolute atomic E-state index is 0.116. The molecule has 0 aromatic carbocycles. The standard InChI is InChI=1S/C15H21N5O2/c1-3-4-12(14-16-6-7-20(14)2)17-15(21)13-10-9-22-8-5-11(10)18-19-13/h6-7,12H,3-5,8-9H2,1-2H3,(H,17,21)(H,18,19). The molecule has 3 rings (SSSR count). The van der Waals surface area contributed by atoms with Gasteiger partial charge in [0.15, 0.2) is 5.69 Å². The number of nitrogens with one attached hydrogen (secondary N) is 2. The molecular formula is C15H21N5O2. The number of amides is 1. The number of hydrogen-bond donors (Lipinski definition) is 2. The van der Waals surface area contributed by atoms with Crippen molar-refractivity contribution < 1.29 is 9.53 Å². The number of hydrogen-bond acceptors (Lipinski definition) is 4. The van der Waals surface area contributed by atoms with Gasteiger partial charge in [-0.25, -0.2) is 4.98 Å². The summed E-state index contributed by atoms with van der Waals surface area (Å²) in [5.74, 6) is 0.681. The quantitative estimate of drug-likeness (QED) is 0.876. The largest absolute Gasteiger partial charge is 0.376 e. The summed E-state index contributed by atoms with van der Waals surface area (Å²) < 4.78 is 7.37. The Hall–Kier alpha value is -2.15. The maximum Gasteiger partial charge on any atom is 0.272 e. The predicted molar refractivity (Wildman–Crippen MR) is 80.3 cm³/mol. The molecule has 0 fully saturated rings. The number of imidazole rings is 1. The van der Waals surface area contributed by atoms with Crippen molar-refractivity contribution in [1.29, 1.82) is 0 Å². The Morgan fingerprint density at radius 2 is 2.45 bits per heavy atom. The van der Waals surface area contributed by atoms with Gasteiger partial charge in [-0.1, -0.05) is 13.3 Å². The summed E-state index contributed by atoms with van der Waals surface area (Å²) in [6.07, 6.45) is 6.19. The maximum atomic E-state index is 12.6. The Morgan fingerprint density at radius 3 is 3.18 bits per heavy atom. The Morgan fingerprint density at radius 1 is 1.59 bits per heavy atom. The second-order valence-electron chi connectivity index (χ2n) is 5.54. The van der Waals surface area contributed by atoms with Crippen LogP contribution in [0, 0.1) is 0 Å². The van der Waals surface area contributed by atoms with Gasteiger partial charge in [-0.05, 0) is 6.42 Å². The summed E-state index contributed by atoms with van der Waals surface area (Å²) >= 11 is 0. The zero-order valence-electron chi connectivity index (χ0n) is 12.9. The van der Waals surface area contributed by atoms with E-state index >= 15 is 0 Å². The smallest absolute Gasteiger partial charge is 0.272 e. The number of aryl methyl sites for hydroxylation is 1. The highest BCUT2D eigenvalue weighted by molar-refractivity contribution is 5.94. The van der Waals surface area contributed by atoms with Gasteiger partial charge in [-0.3, -0.25) is 9.89 Å². The Kier molecular flexibility index (Phi) is 4.24. The first kappa shape index (κ1) is 14.8. The van der Waals surface area contributed by atoms with Gasteiger partial charge in [0, 0.05) is 37.1 Å². The normalized spacial score (nSPS) is 15.4. The highest BCUT2D eigenvalue weighted by Gasteiger charge is 2.25. The van der Waals surface area contributed by atoms with E-state index in [9.17, 15) is 4.79 Å². The van der Waals surface area contributed by atoms with E-state index in [2.05, 4.69) is 27.4 Å². The molecule has 2 aromatic rings. The molecule has 0 saturated heterocycles. The van der Waals surface area contributed by atoms with Gasteiger partial charge in [0.05, 0.1) is 19.3 Å². The first-order chi connectivity index (χ1) is 10.7. The first-order valence-corrected chi connectivity index (χ1v) is 7.62. The maximum absolute atomic E-state index is 12.6. The van der Waals surface area contributed by atoms with Crippen LogP contribution in [0.3, 0.4) is 0 Å². The minimum Gasteiger partial charge on any atom is -0.376 e. The molecule has 0 saturated carbocycles. The summed E-state index contributed by atoms with van der Waals surface area (Å²) in [5.41, 5.74) is 2.31. The lowest BCUT2D eigenvalue weighted by molar-refractivity contribution is 0.0905. The van der Waals surface area contributed by atoms with Crippen molar-refractivity contribution in [2.24, 2.45) is 7.05 Å². The van der Waals surface area contributed by atoms with Crippen molar-refractivity contribution in [1.82, 2.24) is 25.1 Å². The van der Waals surface area contributed by atoms with Crippen LogP contribution in [0.25, 0.3) is 0 Å². The molecule has 0 radical (unpaired) electrons. The highest BCUT2D eigenvalue weighted by Crippen LogP contribution is 2.21. The zero-order valence-corrected chi connectivity index (χ0v) is 12.9. The van der Waals surface area contributed by atoms with Crippen LogP contribution in [0.1, 0.15) is 53.4 Å². The van der Waals surface area contributed by atoms with Crippen LogP contribution in [-0.4, -0.2) is 32.3 Å². The van der Waals surface area contributed by atoms with E-state index in [0.29, 0.717) is 18.9 Å². The summed E-state index contributed by atoms with van der Waals surface area (Å²) in [6.45, 7) is 3.20. The van der Waals surface area contributed by atoms with Gasteiger partial charge in [0.1, 0.15) is 5.82 Å². The molecule has 1 amide bonds. The molecule has 1 unspecified atom stereocenters. The molecule has 0 bridgehead atoms. The van der Waals surface area contributed by atoms with Gasteiger partial charge in [-0.15, -0.1) is 0 Å². The number of rotatable bonds is 5. The minimum atomic E-state index is -0.176. The number of nitrogens with zero attached hydrogens (tertiary/aromatic N) is 3. The molecule has 22 heavy (non-hydrogen) atoms. The van der Waals surface area contributed by atoms with Gasteiger partial charge in [0.25, 0.3) is 5.91 Å². The van der Waals surface area contributed by atoms with E-state index in [1.54, 1.807) is 6.20 Å². The molecular weight excluding hydrogens is 282 g/mol. The lowest BCUT2D eigenvalue weighted by Crippen LogP contribution is -2.31. The third-order valence-electron chi connectivity index (χ3n) is 3.96. The van der Waals surface area contributed by atoms with E-state index in [0.717, 1.165) is 36.3 Å². The number of H-pyrrole nitrogens is 1. The SMILES string of the molecule is CCCC(NC(=O)c1n[nH]c2c1COCC2)c1nccn1C. The summed E-state index contributed by atoms with van der Waals surface area (Å²) in [6, 6.07) is -0.116. The Labute approximate surface area is 129 Å². The lowest BCUT2D eigenvalue weighted by atomic mass is 10.1. The van der Waals surface area contributed by atoms with Crippen molar-refractivity contribution in [3.05, 3.63) is 35.2 Å². The van der Waals surface area contributed by atoms with E-state index in [1.165, 1.54) is 0 Å². The molecule has 1 atom stereocenters. The first-order valence-electron chi connectivity index (χ1n) is 7.62. The molecule has 0 spiro atoms. The van der Waals surface area contributed by atoms with Crippen LogP contribution in [-0.2, 0) is 24.8 Å². The molecule has 7 heteroatoms. The van der Waals surface area contributed by atoms with Gasteiger partial charge >= 0.3 is 0 Å². The average molecular weight is 303 g/mol. The average Bonchev–Trinajstić information content (AvgIpc) is 3.12. The third kappa shape index (κ3) is 2.76. The van der Waals surface area contributed by atoms with E-state index in [1.807, 2.05) is 17.8 Å². The number of fused-ring (bicyclic) bond motifs is 1. The molecule has 0 aliphatic carbocycles. The van der Waals surface area contributed by atoms with Crippen LogP contribution in [0.4, 0.5) is 0 Å². The van der Waals surface area contributed by atoms with Gasteiger partial charge in [-0.2, -0.15) is 5.10 Å². The fourth-order valence-corrected chi connectivity index (χ4v) is 2.79. The Balaban J connectivity index is 1.80. The van der Waals surface area contributed by atoms with Crippen LogP contribution in [0.15, 0.2) is 12.4 Å². The zero-order chi connectivity index (χ0) is 15.5. The van der Waals surface area contributed by atoms with Gasteiger partial charge in [0.2, 0.25) is 0 Å². The second kappa shape index (κ2) is 6.31. The number of ether oxygens (including phenoxy) is 1. The summed E-state index contributed by atoms with van der Waals surface area (Å²) in [7, 11) is 1.93. The molecule has 3 heterocycles. The number of aromatic nitrogens is 4. The summed E-state index contributed by atoms with van der Waals surface area (Å²) in [5, 5.41) is 10.2. The predicted octanol–water partition coefficient (Wildman–Crippen LogP) is 1.49. The molecule has 2 N–H and O–H groups in total. The van der Waals surface area contributed by atoms with Gasteiger partial charge < -0.3 is 14.6 Å². The van der Waals surface area contributed by atoms with Crippen LogP contribution in [0.5, 0.6) is 0 Å². The second-order valence-corrected chi connectivity index (χ2v) is 5.54. The van der Waals surface area contributed by atoms with E-state index in [4.69, 9.17) is 4.74 Å². The topological polar surface area (TPSA) is 84.8 Å². The number of carbonyl (C=O) groups is 1. The molecule has 118 valence electrons. The molecule has 2 aromatic heterocycles. The number of aromatic amines is 1. The fraction of sp³-hybridized carbons (Fsp3) is 0.533. The van der Waals surface area contributed by atoms with Crippen LogP contribution >= 0.6 is 0 Å². The van der Waals surface area contributed by atoms with Crippen LogP contribution < -0.4 is 5.32 Å². The third-order valence-corrected chi connectivity index (χ3v) is 3.96. The summed E-state index contributed by atoms with van der Waals surface area (Å²) in [4.78, 5) is 16.9. The lowest BCUT2D eigenvalue weighted by Gasteiger charge is -2.18. The Bertz CT molecular complexity index is 661.